The summed E-state index contributed by atoms with van der Waals surface area (Å²) in [7, 11) is -3.63. The van der Waals surface area contributed by atoms with Gasteiger partial charge in [-0.2, -0.15) is 0 Å². The Morgan fingerprint density at radius 2 is 2.00 bits per heavy atom. The second-order valence-electron chi connectivity index (χ2n) is 5.27. The first-order valence-corrected chi connectivity index (χ1v) is 10.2. The molecule has 6 nitrogen and oxygen atoms in total. The third kappa shape index (κ3) is 5.61. The van der Waals surface area contributed by atoms with Gasteiger partial charge in [0.15, 0.2) is 5.13 Å². The van der Waals surface area contributed by atoms with Crippen LogP contribution in [0, 0.1) is 0 Å². The predicted octanol–water partition coefficient (Wildman–Crippen LogP) is 2.79. The minimum absolute atomic E-state index is 0.0112. The van der Waals surface area contributed by atoms with Crippen LogP contribution >= 0.6 is 11.3 Å². The Hall–Kier alpha value is -1.93. The van der Waals surface area contributed by atoms with E-state index in [-0.39, 0.29) is 10.8 Å². The average Bonchev–Trinajstić information content (AvgIpc) is 3.01. The summed E-state index contributed by atoms with van der Waals surface area (Å²) in [4.78, 5) is 16.1. The van der Waals surface area contributed by atoms with Crippen molar-refractivity contribution in [1.29, 1.82) is 0 Å². The molecular weight excluding hydrogens is 346 g/mol. The van der Waals surface area contributed by atoms with Gasteiger partial charge in [0.25, 0.3) is 10.0 Å². The van der Waals surface area contributed by atoms with Crippen molar-refractivity contribution in [3.63, 3.8) is 0 Å². The van der Waals surface area contributed by atoms with E-state index in [0.29, 0.717) is 30.2 Å². The molecule has 0 spiro atoms. The molecule has 2 rings (SSSR count). The number of aromatic nitrogens is 1. The summed E-state index contributed by atoms with van der Waals surface area (Å²) < 4.78 is 26.9. The molecule has 0 saturated heterocycles. The van der Waals surface area contributed by atoms with E-state index < -0.39 is 10.0 Å². The highest BCUT2D eigenvalue weighted by molar-refractivity contribution is 7.93. The molecule has 24 heavy (non-hydrogen) atoms. The van der Waals surface area contributed by atoms with E-state index in [0.717, 1.165) is 12.8 Å². The monoisotopic (exact) mass is 367 g/mol. The van der Waals surface area contributed by atoms with Gasteiger partial charge in [-0.05, 0) is 25.0 Å². The molecule has 0 aliphatic carbocycles. The Kier molecular flexibility index (Phi) is 6.74. The van der Waals surface area contributed by atoms with Crippen LogP contribution in [0.3, 0.4) is 0 Å². The lowest BCUT2D eigenvalue weighted by atomic mass is 10.2. The fourth-order valence-electron chi connectivity index (χ4n) is 1.98. The molecule has 0 fully saturated rings. The fraction of sp³-hybridized carbons (Fsp3) is 0.375. The second kappa shape index (κ2) is 8.79. The Bertz CT molecular complexity index is 758. The van der Waals surface area contributed by atoms with E-state index >= 15 is 0 Å². The number of hydrogen-bond donors (Lipinski definition) is 2. The third-order valence-corrected chi connectivity index (χ3v) is 5.58. The number of carbonyl (C=O) groups excluding carboxylic acids is 1. The first-order valence-electron chi connectivity index (χ1n) is 7.80. The molecule has 2 N–H and O–H groups in total. The number of aryl methyl sites for hydroxylation is 1. The van der Waals surface area contributed by atoms with Crippen molar-refractivity contribution in [2.45, 2.75) is 37.5 Å². The minimum atomic E-state index is -3.63. The van der Waals surface area contributed by atoms with E-state index in [1.54, 1.807) is 23.6 Å². The maximum Gasteiger partial charge on any atom is 0.263 e. The summed E-state index contributed by atoms with van der Waals surface area (Å²) >= 11 is 1.21. The van der Waals surface area contributed by atoms with Gasteiger partial charge in [0.1, 0.15) is 0 Å². The lowest BCUT2D eigenvalue weighted by molar-refractivity contribution is -0.121. The van der Waals surface area contributed by atoms with Crippen LogP contribution < -0.4 is 10.0 Å². The van der Waals surface area contributed by atoms with Crippen LogP contribution in [0.2, 0.25) is 0 Å². The Labute approximate surface area is 146 Å². The maximum absolute atomic E-state index is 12.2. The van der Waals surface area contributed by atoms with Crippen LogP contribution in [-0.4, -0.2) is 25.9 Å². The molecule has 0 aliphatic rings. The number of sulfonamides is 1. The number of carbonyl (C=O) groups is 1. The Morgan fingerprint density at radius 3 is 2.71 bits per heavy atom. The standard InChI is InChI=1S/C16H21N3O3S2/c1-2-3-11-17-15(20)10-9-13-12-23-16(18-13)19-24(21,22)14-7-5-4-6-8-14/h4-8,12H,2-3,9-11H2,1H3,(H,17,20)(H,18,19). The zero-order valence-electron chi connectivity index (χ0n) is 13.5. The lowest BCUT2D eigenvalue weighted by Gasteiger charge is -2.04. The summed E-state index contributed by atoms with van der Waals surface area (Å²) in [6.45, 7) is 2.76. The smallest absolute Gasteiger partial charge is 0.263 e. The van der Waals surface area contributed by atoms with Gasteiger partial charge in [0.05, 0.1) is 10.6 Å². The summed E-state index contributed by atoms with van der Waals surface area (Å²) in [5, 5.41) is 4.92. The number of anilines is 1. The highest BCUT2D eigenvalue weighted by Crippen LogP contribution is 2.20. The van der Waals surface area contributed by atoms with Gasteiger partial charge < -0.3 is 5.32 Å². The third-order valence-electron chi connectivity index (χ3n) is 3.29. The van der Waals surface area contributed by atoms with Crippen molar-refractivity contribution in [2.24, 2.45) is 0 Å². The van der Waals surface area contributed by atoms with E-state index in [1.165, 1.54) is 23.5 Å². The van der Waals surface area contributed by atoms with E-state index in [9.17, 15) is 13.2 Å². The van der Waals surface area contributed by atoms with Crippen molar-refractivity contribution >= 4 is 32.4 Å². The molecule has 0 unspecified atom stereocenters. The number of benzene rings is 1. The number of nitrogens with zero attached hydrogens (tertiary/aromatic N) is 1. The average molecular weight is 367 g/mol. The molecule has 1 amide bonds. The van der Waals surface area contributed by atoms with Crippen molar-refractivity contribution in [2.75, 3.05) is 11.3 Å². The fourth-order valence-corrected chi connectivity index (χ4v) is 4.00. The number of nitrogens with one attached hydrogen (secondary N) is 2. The van der Waals surface area contributed by atoms with Crippen LogP contribution in [0.5, 0.6) is 0 Å². The molecule has 0 radical (unpaired) electrons. The van der Waals surface area contributed by atoms with Gasteiger partial charge in [0, 0.05) is 18.3 Å². The first kappa shape index (κ1) is 18.4. The summed E-state index contributed by atoms with van der Waals surface area (Å²) in [6, 6.07) is 8.14. The largest absolute Gasteiger partial charge is 0.356 e. The zero-order valence-corrected chi connectivity index (χ0v) is 15.1. The number of hydrogen-bond acceptors (Lipinski definition) is 5. The number of amides is 1. The predicted molar refractivity (Wildman–Crippen MR) is 95.6 cm³/mol. The van der Waals surface area contributed by atoms with Gasteiger partial charge in [-0.1, -0.05) is 31.5 Å². The molecule has 2 aromatic rings. The maximum atomic E-state index is 12.2. The highest BCUT2D eigenvalue weighted by Gasteiger charge is 2.15. The van der Waals surface area contributed by atoms with Gasteiger partial charge >= 0.3 is 0 Å². The normalized spacial score (nSPS) is 11.2. The van der Waals surface area contributed by atoms with E-state index in [4.69, 9.17) is 0 Å². The van der Waals surface area contributed by atoms with E-state index in [2.05, 4.69) is 21.9 Å². The van der Waals surface area contributed by atoms with Crippen LogP contribution in [0.4, 0.5) is 5.13 Å². The molecule has 8 heteroatoms. The van der Waals surface area contributed by atoms with Crippen molar-refractivity contribution in [3.05, 3.63) is 41.4 Å². The topological polar surface area (TPSA) is 88.2 Å². The molecule has 1 aromatic heterocycles. The van der Waals surface area contributed by atoms with Gasteiger partial charge in [-0.15, -0.1) is 11.3 Å². The van der Waals surface area contributed by atoms with Crippen molar-refractivity contribution < 1.29 is 13.2 Å². The van der Waals surface area contributed by atoms with Gasteiger partial charge in [-0.25, -0.2) is 13.4 Å². The molecule has 130 valence electrons. The molecule has 0 aliphatic heterocycles. The van der Waals surface area contributed by atoms with Gasteiger partial charge in [-0.3, -0.25) is 9.52 Å². The van der Waals surface area contributed by atoms with E-state index in [1.807, 2.05) is 0 Å². The first-order chi connectivity index (χ1) is 11.5. The number of thiazole rings is 1. The number of unbranched alkanes of at least 4 members (excludes halogenated alkanes) is 1. The molecular formula is C16H21N3O3S2. The molecule has 0 atom stereocenters. The van der Waals surface area contributed by atoms with Gasteiger partial charge in [0.2, 0.25) is 5.91 Å². The molecule has 1 heterocycles. The second-order valence-corrected chi connectivity index (χ2v) is 7.81. The van der Waals surface area contributed by atoms with Crippen LogP contribution in [0.15, 0.2) is 40.6 Å². The minimum Gasteiger partial charge on any atom is -0.356 e. The molecule has 0 bridgehead atoms. The summed E-state index contributed by atoms with van der Waals surface area (Å²) in [5.74, 6) is -0.0112. The Morgan fingerprint density at radius 1 is 1.25 bits per heavy atom. The van der Waals surface area contributed by atoms with Crippen molar-refractivity contribution in [3.8, 4) is 0 Å². The van der Waals surface area contributed by atoms with Crippen LogP contribution in [0.25, 0.3) is 0 Å². The summed E-state index contributed by atoms with van der Waals surface area (Å²) in [6.07, 6.45) is 2.84. The summed E-state index contributed by atoms with van der Waals surface area (Å²) in [5.41, 5.74) is 0.705. The quantitative estimate of drug-likeness (QED) is 0.667. The lowest BCUT2D eigenvalue weighted by Crippen LogP contribution is -2.24. The molecule has 1 aromatic carbocycles. The van der Waals surface area contributed by atoms with Crippen LogP contribution in [-0.2, 0) is 21.2 Å². The Balaban J connectivity index is 1.88. The van der Waals surface area contributed by atoms with Crippen molar-refractivity contribution in [1.82, 2.24) is 10.3 Å². The van der Waals surface area contributed by atoms with Crippen LogP contribution in [0.1, 0.15) is 31.9 Å². The highest BCUT2D eigenvalue weighted by atomic mass is 32.2. The molecule has 0 saturated carbocycles. The zero-order chi connectivity index (χ0) is 17.4. The SMILES string of the molecule is CCCCNC(=O)CCc1csc(NS(=O)(=O)c2ccccc2)n1. The number of rotatable bonds is 9.